The van der Waals surface area contributed by atoms with Gasteiger partial charge < -0.3 is 4.52 Å². The van der Waals surface area contributed by atoms with E-state index in [1.165, 1.54) is 18.2 Å². The summed E-state index contributed by atoms with van der Waals surface area (Å²) < 4.78 is 4.57. The van der Waals surface area contributed by atoms with E-state index < -0.39 is 10.5 Å². The van der Waals surface area contributed by atoms with Crippen LogP contribution in [0, 0.1) is 10.1 Å². The summed E-state index contributed by atoms with van der Waals surface area (Å²) in [5.41, 5.74) is -0.200. The van der Waals surface area contributed by atoms with Crippen molar-refractivity contribution in [2.45, 2.75) is 0 Å². The highest BCUT2D eigenvalue weighted by molar-refractivity contribution is 5.71. The van der Waals surface area contributed by atoms with E-state index in [4.69, 9.17) is 0 Å². The van der Waals surface area contributed by atoms with Crippen molar-refractivity contribution in [1.29, 1.82) is 0 Å². The molecule has 0 spiro atoms. The Balaban J connectivity index is 2.68. The first-order chi connectivity index (χ1) is 7.20. The molecule has 6 heteroatoms. The van der Waals surface area contributed by atoms with Gasteiger partial charge in [0, 0.05) is 6.07 Å². The molecule has 0 amide bonds. The summed E-state index contributed by atoms with van der Waals surface area (Å²) in [6.07, 6.45) is 1.16. The van der Waals surface area contributed by atoms with Gasteiger partial charge in [-0.25, -0.2) is 0 Å². The molecule has 0 aliphatic carbocycles. The molecule has 1 heterocycles. The van der Waals surface area contributed by atoms with E-state index in [0.29, 0.717) is 0 Å². The van der Waals surface area contributed by atoms with Crippen LogP contribution in [-0.4, -0.2) is 10.1 Å². The zero-order valence-electron chi connectivity index (χ0n) is 7.47. The molecule has 0 aliphatic heterocycles. The van der Waals surface area contributed by atoms with Crippen LogP contribution in [-0.2, 0) is 0 Å². The van der Waals surface area contributed by atoms with Gasteiger partial charge in [-0.2, -0.15) is 5.16 Å². The molecule has 0 aliphatic rings. The number of benzene rings is 1. The third-order valence-corrected chi connectivity index (χ3v) is 1.96. The topological polar surface area (TPSA) is 89.1 Å². The van der Waals surface area contributed by atoms with Crippen molar-refractivity contribution in [2.75, 3.05) is 0 Å². The highest BCUT2D eigenvalue weighted by atomic mass is 16.6. The lowest BCUT2D eigenvalue weighted by Crippen LogP contribution is -2.02. The molecule has 0 saturated heterocycles. The van der Waals surface area contributed by atoms with Gasteiger partial charge in [0.2, 0.25) is 0 Å². The number of hydrogen-bond donors (Lipinski definition) is 1. The summed E-state index contributed by atoms with van der Waals surface area (Å²) in [6, 6.07) is 5.99. The second-order valence-electron chi connectivity index (χ2n) is 2.85. The third-order valence-electron chi connectivity index (χ3n) is 1.96. The van der Waals surface area contributed by atoms with Crippen molar-refractivity contribution in [3.05, 3.63) is 51.0 Å². The monoisotopic (exact) mass is 206 g/mol. The Labute approximate surface area is 83.3 Å². The predicted octanol–water partition coefficient (Wildman–Crippen LogP) is 1.54. The minimum absolute atomic E-state index is 0.121. The average Bonchev–Trinajstić information content (AvgIpc) is 2.64. The van der Waals surface area contributed by atoms with Crippen LogP contribution in [0.2, 0.25) is 0 Å². The SMILES string of the molecule is O=c1[nH]occ1-c1ccccc1[N+](=O)[O-]. The Morgan fingerprint density at radius 3 is 2.60 bits per heavy atom. The maximum Gasteiger partial charge on any atom is 0.287 e. The minimum atomic E-state index is -0.540. The molecule has 0 saturated carbocycles. The Morgan fingerprint density at radius 2 is 2.00 bits per heavy atom. The Morgan fingerprint density at radius 1 is 1.27 bits per heavy atom. The van der Waals surface area contributed by atoms with Crippen LogP contribution < -0.4 is 5.56 Å². The molecule has 0 atom stereocenters. The van der Waals surface area contributed by atoms with Crippen LogP contribution in [0.25, 0.3) is 11.1 Å². The van der Waals surface area contributed by atoms with E-state index in [1.807, 2.05) is 0 Å². The van der Waals surface area contributed by atoms with Crippen LogP contribution in [0.1, 0.15) is 0 Å². The molecule has 1 N–H and O–H groups in total. The summed E-state index contributed by atoms with van der Waals surface area (Å²) >= 11 is 0. The summed E-state index contributed by atoms with van der Waals surface area (Å²) in [5.74, 6) is 0. The van der Waals surface area contributed by atoms with Crippen LogP contribution in [0.15, 0.2) is 39.8 Å². The first-order valence-corrected chi connectivity index (χ1v) is 4.10. The Hall–Kier alpha value is -2.37. The van der Waals surface area contributed by atoms with Gasteiger partial charge in [-0.3, -0.25) is 14.9 Å². The number of hydrogen-bond acceptors (Lipinski definition) is 4. The first kappa shape index (κ1) is 9.20. The lowest BCUT2D eigenvalue weighted by atomic mass is 10.1. The van der Waals surface area contributed by atoms with Crippen molar-refractivity contribution in [3.63, 3.8) is 0 Å². The highest BCUT2D eigenvalue weighted by Gasteiger charge is 2.17. The van der Waals surface area contributed by atoms with Gasteiger partial charge in [-0.05, 0) is 6.07 Å². The Bertz CT molecular complexity index is 555. The third kappa shape index (κ3) is 1.52. The quantitative estimate of drug-likeness (QED) is 0.596. The van der Waals surface area contributed by atoms with Crippen molar-refractivity contribution < 1.29 is 9.45 Å². The molecule has 0 bridgehead atoms. The highest BCUT2D eigenvalue weighted by Crippen LogP contribution is 2.26. The number of aromatic nitrogens is 1. The summed E-state index contributed by atoms with van der Waals surface area (Å²) in [7, 11) is 0. The molecule has 1 aromatic carbocycles. The number of nitrogens with one attached hydrogen (secondary N) is 1. The van der Waals surface area contributed by atoms with E-state index in [0.717, 1.165) is 6.26 Å². The summed E-state index contributed by atoms with van der Waals surface area (Å²) in [5, 5.41) is 12.8. The molecule has 0 radical (unpaired) electrons. The number of nitro groups is 1. The summed E-state index contributed by atoms with van der Waals surface area (Å²) in [6.45, 7) is 0. The number of nitrogens with zero attached hydrogens (tertiary/aromatic N) is 1. The van der Waals surface area contributed by atoms with Crippen molar-refractivity contribution in [1.82, 2.24) is 5.16 Å². The standard InChI is InChI=1S/C9H6N2O4/c12-9-7(5-15-10-9)6-3-1-2-4-8(6)11(13)14/h1-5H,(H,10,12). The fraction of sp³-hybridized carbons (Fsp3) is 0. The molecule has 0 unspecified atom stereocenters. The fourth-order valence-electron chi connectivity index (χ4n) is 1.30. The van der Waals surface area contributed by atoms with Crippen LogP contribution in [0.4, 0.5) is 5.69 Å². The van der Waals surface area contributed by atoms with Gasteiger partial charge in [-0.15, -0.1) is 0 Å². The maximum atomic E-state index is 11.2. The molecule has 76 valence electrons. The van der Waals surface area contributed by atoms with Crippen LogP contribution in [0.3, 0.4) is 0 Å². The zero-order valence-corrected chi connectivity index (χ0v) is 7.47. The van der Waals surface area contributed by atoms with Gasteiger partial charge >= 0.3 is 0 Å². The lowest BCUT2D eigenvalue weighted by molar-refractivity contribution is -0.384. The van der Waals surface area contributed by atoms with Gasteiger partial charge in [0.1, 0.15) is 6.26 Å². The smallest absolute Gasteiger partial charge is 0.287 e. The lowest BCUT2D eigenvalue weighted by Gasteiger charge is -1.96. The molecule has 15 heavy (non-hydrogen) atoms. The number of para-hydroxylation sites is 1. The van der Waals surface area contributed by atoms with E-state index in [1.54, 1.807) is 6.07 Å². The second-order valence-corrected chi connectivity index (χ2v) is 2.85. The predicted molar refractivity (Wildman–Crippen MR) is 51.4 cm³/mol. The van der Waals surface area contributed by atoms with Gasteiger partial charge in [-0.1, -0.05) is 12.1 Å². The van der Waals surface area contributed by atoms with E-state index in [9.17, 15) is 14.9 Å². The Kier molecular flexibility index (Phi) is 2.09. The van der Waals surface area contributed by atoms with Crippen LogP contribution in [0.5, 0.6) is 0 Å². The van der Waals surface area contributed by atoms with E-state index in [2.05, 4.69) is 9.68 Å². The van der Waals surface area contributed by atoms with E-state index >= 15 is 0 Å². The van der Waals surface area contributed by atoms with Crippen molar-refractivity contribution in [3.8, 4) is 11.1 Å². The van der Waals surface area contributed by atoms with Crippen molar-refractivity contribution >= 4 is 5.69 Å². The molecule has 2 aromatic rings. The number of rotatable bonds is 2. The molecule has 1 aromatic heterocycles. The number of nitro benzene ring substituents is 1. The first-order valence-electron chi connectivity index (χ1n) is 4.10. The molecule has 6 nitrogen and oxygen atoms in total. The molecular weight excluding hydrogens is 200 g/mol. The fourth-order valence-corrected chi connectivity index (χ4v) is 1.30. The zero-order chi connectivity index (χ0) is 10.8. The van der Waals surface area contributed by atoms with Crippen molar-refractivity contribution in [2.24, 2.45) is 0 Å². The minimum Gasteiger partial charge on any atom is -0.386 e. The summed E-state index contributed by atoms with van der Waals surface area (Å²) in [4.78, 5) is 21.4. The largest absolute Gasteiger partial charge is 0.386 e. The van der Waals surface area contributed by atoms with E-state index in [-0.39, 0.29) is 16.8 Å². The van der Waals surface area contributed by atoms with Crippen LogP contribution >= 0.6 is 0 Å². The van der Waals surface area contributed by atoms with Gasteiger partial charge in [0.05, 0.1) is 16.1 Å². The molecule has 0 fully saturated rings. The second kappa shape index (κ2) is 3.41. The molecular formula is C9H6N2O4. The number of aromatic amines is 1. The maximum absolute atomic E-state index is 11.2. The van der Waals surface area contributed by atoms with Gasteiger partial charge in [0.25, 0.3) is 11.2 Å². The molecule has 2 rings (SSSR count). The normalized spacial score (nSPS) is 10.1. The average molecular weight is 206 g/mol. The van der Waals surface area contributed by atoms with Gasteiger partial charge in [0.15, 0.2) is 0 Å². The number of H-pyrrole nitrogens is 1.